The second-order valence-electron chi connectivity index (χ2n) is 6.44. The van der Waals surface area contributed by atoms with E-state index < -0.39 is 12.1 Å². The van der Waals surface area contributed by atoms with E-state index in [1.54, 1.807) is 6.07 Å². The zero-order chi connectivity index (χ0) is 16.5. The van der Waals surface area contributed by atoms with Gasteiger partial charge in [0.05, 0.1) is 5.56 Å². The number of fused-ring (bicyclic) bond motifs is 1. The van der Waals surface area contributed by atoms with E-state index in [9.17, 15) is 9.59 Å². The topological polar surface area (TPSA) is 46.6 Å². The van der Waals surface area contributed by atoms with Crippen LogP contribution in [0.4, 0.5) is 0 Å². The van der Waals surface area contributed by atoms with Crippen molar-refractivity contribution in [1.82, 2.24) is 4.90 Å². The fraction of sp³-hybridized carbons (Fsp3) is 0.300. The normalized spacial score (nSPS) is 19.3. The van der Waals surface area contributed by atoms with Crippen molar-refractivity contribution in [2.75, 3.05) is 0 Å². The Kier molecular flexibility index (Phi) is 3.81. The van der Waals surface area contributed by atoms with Crippen LogP contribution in [0.25, 0.3) is 0 Å². The van der Waals surface area contributed by atoms with Crippen LogP contribution >= 0.6 is 0 Å². The van der Waals surface area contributed by atoms with Crippen LogP contribution < -0.4 is 0 Å². The summed E-state index contributed by atoms with van der Waals surface area (Å²) in [6, 6.07) is 17.6. The summed E-state index contributed by atoms with van der Waals surface area (Å²) in [5, 5.41) is 0. The second kappa shape index (κ2) is 6.11. The number of hydrogen-bond donors (Lipinski definition) is 0. The number of esters is 1. The highest BCUT2D eigenvalue weighted by Crippen LogP contribution is 2.31. The van der Waals surface area contributed by atoms with Crippen molar-refractivity contribution >= 4 is 11.9 Å². The van der Waals surface area contributed by atoms with Crippen molar-refractivity contribution in [3.63, 3.8) is 0 Å². The Labute approximate surface area is 141 Å². The number of hydrogen-bond acceptors (Lipinski definition) is 3. The van der Waals surface area contributed by atoms with Gasteiger partial charge < -0.3 is 9.64 Å². The Morgan fingerprint density at radius 1 is 1.04 bits per heavy atom. The number of rotatable bonds is 4. The van der Waals surface area contributed by atoms with E-state index in [1.165, 1.54) is 0 Å². The van der Waals surface area contributed by atoms with E-state index in [4.69, 9.17) is 4.74 Å². The fourth-order valence-corrected chi connectivity index (χ4v) is 3.21. The molecule has 4 nitrogen and oxygen atoms in total. The molecule has 0 spiro atoms. The van der Waals surface area contributed by atoms with Gasteiger partial charge in [0, 0.05) is 19.0 Å². The molecule has 0 bridgehead atoms. The molecular weight excluding hydrogens is 302 g/mol. The van der Waals surface area contributed by atoms with Crippen LogP contribution in [-0.2, 0) is 22.5 Å². The lowest BCUT2D eigenvalue weighted by Crippen LogP contribution is -2.45. The molecule has 1 saturated carbocycles. The largest absolute Gasteiger partial charge is 0.448 e. The molecule has 0 aromatic heterocycles. The molecule has 0 radical (unpaired) electrons. The fourth-order valence-electron chi connectivity index (χ4n) is 3.21. The Bertz CT molecular complexity index is 767. The number of amides is 1. The molecule has 0 saturated heterocycles. The van der Waals surface area contributed by atoms with Crippen LogP contribution in [-0.4, -0.2) is 28.9 Å². The smallest absolute Gasteiger partial charge is 0.339 e. The lowest BCUT2D eigenvalue weighted by atomic mass is 9.98. The van der Waals surface area contributed by atoms with Gasteiger partial charge in [0.25, 0.3) is 5.91 Å². The first-order valence-electron chi connectivity index (χ1n) is 8.35. The molecule has 1 heterocycles. The molecule has 2 aromatic rings. The number of benzene rings is 2. The molecule has 1 fully saturated rings. The van der Waals surface area contributed by atoms with Gasteiger partial charge in [-0.05, 0) is 30.0 Å². The van der Waals surface area contributed by atoms with Crippen molar-refractivity contribution in [2.24, 2.45) is 0 Å². The zero-order valence-electron chi connectivity index (χ0n) is 13.4. The van der Waals surface area contributed by atoms with Gasteiger partial charge in [-0.3, -0.25) is 4.79 Å². The van der Waals surface area contributed by atoms with Crippen molar-refractivity contribution in [1.29, 1.82) is 0 Å². The monoisotopic (exact) mass is 321 g/mol. The number of carbonyl (C=O) groups excluding carboxylic acids is 2. The van der Waals surface area contributed by atoms with Crippen LogP contribution in [0.5, 0.6) is 0 Å². The summed E-state index contributed by atoms with van der Waals surface area (Å²) < 4.78 is 5.44. The van der Waals surface area contributed by atoms with Crippen LogP contribution in [0.3, 0.4) is 0 Å². The summed E-state index contributed by atoms with van der Waals surface area (Å²) in [7, 11) is 0. The first-order valence-corrected chi connectivity index (χ1v) is 8.35. The van der Waals surface area contributed by atoms with Crippen LogP contribution in [0, 0.1) is 0 Å². The maximum Gasteiger partial charge on any atom is 0.339 e. The van der Waals surface area contributed by atoms with Gasteiger partial charge in [-0.1, -0.05) is 48.5 Å². The van der Waals surface area contributed by atoms with E-state index >= 15 is 0 Å². The van der Waals surface area contributed by atoms with Crippen LogP contribution in [0.1, 0.15) is 34.3 Å². The third kappa shape index (κ3) is 2.92. The summed E-state index contributed by atoms with van der Waals surface area (Å²) in [5.74, 6) is -0.477. The molecule has 1 atom stereocenters. The molecule has 1 unspecified atom stereocenters. The second-order valence-corrected chi connectivity index (χ2v) is 6.44. The molecule has 0 N–H and O–H groups in total. The highest BCUT2D eigenvalue weighted by molar-refractivity contribution is 5.95. The van der Waals surface area contributed by atoms with Gasteiger partial charge in [0.15, 0.2) is 6.10 Å². The first-order chi connectivity index (χ1) is 11.7. The molecular formula is C20H19NO3. The number of nitrogens with zero attached hydrogens (tertiary/aromatic N) is 1. The van der Waals surface area contributed by atoms with Crippen LogP contribution in [0.2, 0.25) is 0 Å². The predicted molar refractivity (Wildman–Crippen MR) is 89.4 cm³/mol. The Balaban J connectivity index is 1.54. The van der Waals surface area contributed by atoms with Gasteiger partial charge >= 0.3 is 5.97 Å². The number of cyclic esters (lactones) is 1. The number of carbonyl (C=O) groups is 2. The summed E-state index contributed by atoms with van der Waals surface area (Å²) in [6.07, 6.45) is 1.79. The highest BCUT2D eigenvalue weighted by Gasteiger charge is 2.39. The molecule has 1 aliphatic heterocycles. The molecule has 4 rings (SSSR count). The van der Waals surface area contributed by atoms with E-state index in [-0.39, 0.29) is 11.9 Å². The minimum Gasteiger partial charge on any atom is -0.448 e. The standard InChI is InChI=1S/C20H19NO3/c22-19(18-12-15-8-4-5-9-17(15)20(23)24-18)21(16-10-11-16)13-14-6-2-1-3-7-14/h1-9,16,18H,10-13H2. The van der Waals surface area contributed by atoms with Crippen molar-refractivity contribution in [3.05, 3.63) is 71.3 Å². The molecule has 1 aliphatic carbocycles. The van der Waals surface area contributed by atoms with E-state index in [2.05, 4.69) is 0 Å². The first kappa shape index (κ1) is 14.9. The minimum absolute atomic E-state index is 0.0794. The van der Waals surface area contributed by atoms with Crippen LogP contribution in [0.15, 0.2) is 54.6 Å². The quantitative estimate of drug-likeness (QED) is 0.813. The highest BCUT2D eigenvalue weighted by atomic mass is 16.5. The summed E-state index contributed by atoms with van der Waals surface area (Å²) >= 11 is 0. The average molecular weight is 321 g/mol. The van der Waals surface area contributed by atoms with Gasteiger partial charge in [0.1, 0.15) is 0 Å². The van der Waals surface area contributed by atoms with Gasteiger partial charge in [0.2, 0.25) is 0 Å². The van der Waals surface area contributed by atoms with E-state index in [0.717, 1.165) is 24.0 Å². The molecule has 122 valence electrons. The average Bonchev–Trinajstić information content (AvgIpc) is 3.45. The van der Waals surface area contributed by atoms with E-state index in [1.807, 2.05) is 53.4 Å². The summed E-state index contributed by atoms with van der Waals surface area (Å²) in [5.41, 5.74) is 2.56. The van der Waals surface area contributed by atoms with E-state index in [0.29, 0.717) is 18.5 Å². The van der Waals surface area contributed by atoms with Gasteiger partial charge in [-0.15, -0.1) is 0 Å². The SMILES string of the molecule is O=C1OC(C(=O)N(Cc2ccccc2)C2CC2)Cc2ccccc21. The number of ether oxygens (including phenoxy) is 1. The minimum atomic E-state index is -0.711. The lowest BCUT2D eigenvalue weighted by Gasteiger charge is -2.30. The third-order valence-electron chi connectivity index (χ3n) is 4.63. The van der Waals surface area contributed by atoms with Crippen molar-refractivity contribution in [3.8, 4) is 0 Å². The molecule has 1 amide bonds. The molecule has 4 heteroatoms. The molecule has 2 aromatic carbocycles. The van der Waals surface area contributed by atoms with Crippen molar-refractivity contribution in [2.45, 2.75) is 38.0 Å². The third-order valence-corrected chi connectivity index (χ3v) is 4.63. The Morgan fingerprint density at radius 3 is 2.50 bits per heavy atom. The maximum atomic E-state index is 13.0. The zero-order valence-corrected chi connectivity index (χ0v) is 13.4. The molecule has 24 heavy (non-hydrogen) atoms. The lowest BCUT2D eigenvalue weighted by molar-refractivity contribution is -0.142. The van der Waals surface area contributed by atoms with Gasteiger partial charge in [-0.2, -0.15) is 0 Å². The maximum absolute atomic E-state index is 13.0. The van der Waals surface area contributed by atoms with Gasteiger partial charge in [-0.25, -0.2) is 4.79 Å². The Morgan fingerprint density at radius 2 is 1.75 bits per heavy atom. The Hall–Kier alpha value is -2.62. The summed E-state index contributed by atoms with van der Waals surface area (Å²) in [6.45, 7) is 0.569. The predicted octanol–water partition coefficient (Wildman–Crippen LogP) is 2.96. The molecule has 2 aliphatic rings. The summed E-state index contributed by atoms with van der Waals surface area (Å²) in [4.78, 5) is 27.0. The van der Waals surface area contributed by atoms with Crippen molar-refractivity contribution < 1.29 is 14.3 Å².